The van der Waals surface area contributed by atoms with Gasteiger partial charge in [-0.2, -0.15) is 0 Å². The lowest BCUT2D eigenvalue weighted by Crippen LogP contribution is -2.19. The third-order valence-electron chi connectivity index (χ3n) is 3.26. The first kappa shape index (κ1) is 10.1. The highest BCUT2D eigenvalue weighted by Gasteiger charge is 2.20. The summed E-state index contributed by atoms with van der Waals surface area (Å²) in [5.74, 6) is 0. The number of nitrogens with zero attached hydrogens (tertiary/aromatic N) is 2. The summed E-state index contributed by atoms with van der Waals surface area (Å²) in [7, 11) is 0. The molecule has 86 valence electrons. The summed E-state index contributed by atoms with van der Waals surface area (Å²) in [4.78, 5) is 6.51. The Labute approximate surface area is 101 Å². The fourth-order valence-electron chi connectivity index (χ4n) is 2.40. The lowest BCUT2D eigenvalue weighted by Gasteiger charge is -2.19. The summed E-state index contributed by atoms with van der Waals surface area (Å²) in [6.45, 7) is 1.95. The molecule has 0 amide bonds. The van der Waals surface area contributed by atoms with Gasteiger partial charge in [-0.25, -0.2) is 0 Å². The van der Waals surface area contributed by atoms with Crippen molar-refractivity contribution in [2.45, 2.75) is 13.0 Å². The Hall–Kier alpha value is -2.03. The number of hydrogen-bond acceptors (Lipinski definition) is 3. The molecule has 2 heterocycles. The maximum Gasteiger partial charge on any atom is 0.0444 e. The first-order valence-corrected chi connectivity index (χ1v) is 5.86. The summed E-state index contributed by atoms with van der Waals surface area (Å²) in [6.07, 6.45) is 4.77. The van der Waals surface area contributed by atoms with Crippen molar-refractivity contribution in [2.24, 2.45) is 0 Å². The number of hydrogen-bond donors (Lipinski definition) is 1. The van der Waals surface area contributed by atoms with E-state index in [2.05, 4.69) is 22.0 Å². The molecular weight excluding hydrogens is 210 g/mol. The predicted octanol–water partition coefficient (Wildman–Crippen LogP) is 2.23. The van der Waals surface area contributed by atoms with Gasteiger partial charge >= 0.3 is 0 Å². The van der Waals surface area contributed by atoms with Gasteiger partial charge in [0, 0.05) is 42.4 Å². The molecule has 0 spiro atoms. The van der Waals surface area contributed by atoms with Crippen LogP contribution in [-0.2, 0) is 13.0 Å². The molecule has 0 unspecified atom stereocenters. The number of benzene rings is 1. The van der Waals surface area contributed by atoms with E-state index < -0.39 is 0 Å². The highest BCUT2D eigenvalue weighted by Crippen LogP contribution is 2.32. The van der Waals surface area contributed by atoms with Crippen LogP contribution in [0.15, 0.2) is 42.7 Å². The van der Waals surface area contributed by atoms with Crippen molar-refractivity contribution in [2.75, 3.05) is 17.2 Å². The van der Waals surface area contributed by atoms with Crippen molar-refractivity contribution < 1.29 is 0 Å². The monoisotopic (exact) mass is 225 g/mol. The first-order valence-electron chi connectivity index (χ1n) is 5.86. The minimum absolute atomic E-state index is 0.907. The van der Waals surface area contributed by atoms with Crippen molar-refractivity contribution in [3.05, 3.63) is 53.9 Å². The molecule has 2 aromatic rings. The molecule has 0 bridgehead atoms. The van der Waals surface area contributed by atoms with Crippen molar-refractivity contribution >= 4 is 11.4 Å². The Bertz CT molecular complexity index is 522. The van der Waals surface area contributed by atoms with Gasteiger partial charge < -0.3 is 10.6 Å². The molecular formula is C14H15N3. The molecule has 3 heteroatoms. The van der Waals surface area contributed by atoms with Gasteiger partial charge in [0.05, 0.1) is 0 Å². The third-order valence-corrected chi connectivity index (χ3v) is 3.26. The molecule has 0 aliphatic carbocycles. The Balaban J connectivity index is 1.87. The Kier molecular flexibility index (Phi) is 2.44. The second-order valence-electron chi connectivity index (χ2n) is 4.38. The number of anilines is 2. The van der Waals surface area contributed by atoms with Crippen molar-refractivity contribution in [3.8, 4) is 0 Å². The topological polar surface area (TPSA) is 42.1 Å². The summed E-state index contributed by atoms with van der Waals surface area (Å²) in [6, 6.07) is 10.2. The Morgan fingerprint density at radius 2 is 2.18 bits per heavy atom. The van der Waals surface area contributed by atoms with E-state index in [9.17, 15) is 0 Å². The van der Waals surface area contributed by atoms with Crippen LogP contribution < -0.4 is 10.6 Å². The number of rotatable bonds is 2. The highest BCUT2D eigenvalue weighted by molar-refractivity contribution is 5.68. The van der Waals surface area contributed by atoms with Crippen LogP contribution in [0.25, 0.3) is 0 Å². The van der Waals surface area contributed by atoms with Crippen LogP contribution in [0.2, 0.25) is 0 Å². The van der Waals surface area contributed by atoms with Gasteiger partial charge in [-0.05, 0) is 30.2 Å². The zero-order chi connectivity index (χ0) is 11.7. The molecule has 3 nitrogen and oxygen atoms in total. The molecule has 1 aliphatic heterocycles. The van der Waals surface area contributed by atoms with E-state index in [4.69, 9.17) is 5.73 Å². The minimum Gasteiger partial charge on any atom is -0.398 e. The standard InChI is InChI=1S/C14H15N3/c15-13-4-1-5-14-12(13)6-8-17(14)10-11-3-2-7-16-9-11/h1-5,7,9H,6,8,10,15H2. The second-order valence-corrected chi connectivity index (χ2v) is 4.38. The van der Waals surface area contributed by atoms with Gasteiger partial charge in [0.1, 0.15) is 0 Å². The molecule has 1 aromatic heterocycles. The molecule has 17 heavy (non-hydrogen) atoms. The number of nitrogens with two attached hydrogens (primary N) is 1. The highest BCUT2D eigenvalue weighted by atomic mass is 15.1. The van der Waals surface area contributed by atoms with E-state index >= 15 is 0 Å². The molecule has 0 radical (unpaired) electrons. The van der Waals surface area contributed by atoms with Crippen LogP contribution >= 0.6 is 0 Å². The largest absolute Gasteiger partial charge is 0.398 e. The fraction of sp³-hybridized carbons (Fsp3) is 0.214. The van der Waals surface area contributed by atoms with E-state index in [-0.39, 0.29) is 0 Å². The summed E-state index contributed by atoms with van der Waals surface area (Å²) in [5, 5.41) is 0. The van der Waals surface area contributed by atoms with Crippen LogP contribution in [0.3, 0.4) is 0 Å². The van der Waals surface area contributed by atoms with Crippen LogP contribution in [0.1, 0.15) is 11.1 Å². The van der Waals surface area contributed by atoms with E-state index in [1.807, 2.05) is 24.4 Å². The quantitative estimate of drug-likeness (QED) is 0.797. The van der Waals surface area contributed by atoms with E-state index in [0.717, 1.165) is 25.2 Å². The Morgan fingerprint density at radius 3 is 3.00 bits per heavy atom. The van der Waals surface area contributed by atoms with Gasteiger partial charge in [-0.3, -0.25) is 4.98 Å². The summed E-state index contributed by atoms with van der Waals surface area (Å²) >= 11 is 0. The van der Waals surface area contributed by atoms with Crippen molar-refractivity contribution in [1.29, 1.82) is 0 Å². The number of nitrogen functional groups attached to an aromatic ring is 1. The van der Waals surface area contributed by atoms with E-state index in [0.29, 0.717) is 0 Å². The summed E-state index contributed by atoms with van der Waals surface area (Å²) < 4.78 is 0. The van der Waals surface area contributed by atoms with Gasteiger partial charge in [0.2, 0.25) is 0 Å². The van der Waals surface area contributed by atoms with E-state index in [1.54, 1.807) is 6.20 Å². The fourth-order valence-corrected chi connectivity index (χ4v) is 2.40. The average Bonchev–Trinajstić information content (AvgIpc) is 2.76. The lowest BCUT2D eigenvalue weighted by atomic mass is 10.1. The SMILES string of the molecule is Nc1cccc2c1CCN2Cc1cccnc1. The van der Waals surface area contributed by atoms with Crippen LogP contribution in [-0.4, -0.2) is 11.5 Å². The maximum absolute atomic E-state index is 5.99. The molecule has 0 atom stereocenters. The number of pyridine rings is 1. The van der Waals surface area contributed by atoms with Gasteiger partial charge in [0.25, 0.3) is 0 Å². The van der Waals surface area contributed by atoms with Gasteiger partial charge in [0.15, 0.2) is 0 Å². The van der Waals surface area contributed by atoms with Crippen molar-refractivity contribution in [3.63, 3.8) is 0 Å². The van der Waals surface area contributed by atoms with Crippen LogP contribution in [0.5, 0.6) is 0 Å². The second kappa shape index (κ2) is 4.09. The first-order chi connectivity index (χ1) is 8.34. The van der Waals surface area contributed by atoms with E-state index in [1.165, 1.54) is 16.8 Å². The lowest BCUT2D eigenvalue weighted by molar-refractivity contribution is 0.832. The molecule has 0 saturated heterocycles. The Morgan fingerprint density at radius 1 is 1.24 bits per heavy atom. The zero-order valence-corrected chi connectivity index (χ0v) is 9.63. The molecule has 3 rings (SSSR count). The van der Waals surface area contributed by atoms with Crippen molar-refractivity contribution in [1.82, 2.24) is 4.98 Å². The molecule has 1 aliphatic rings. The van der Waals surface area contributed by atoms with Gasteiger partial charge in [-0.15, -0.1) is 0 Å². The maximum atomic E-state index is 5.99. The third kappa shape index (κ3) is 1.84. The predicted molar refractivity (Wildman–Crippen MR) is 69.8 cm³/mol. The molecule has 1 aromatic carbocycles. The normalized spacial score (nSPS) is 13.8. The summed E-state index contributed by atoms with van der Waals surface area (Å²) in [5.41, 5.74) is 10.7. The molecule has 0 fully saturated rings. The smallest absolute Gasteiger partial charge is 0.0444 e. The molecule has 0 saturated carbocycles. The van der Waals surface area contributed by atoms with Crippen LogP contribution in [0.4, 0.5) is 11.4 Å². The van der Waals surface area contributed by atoms with Crippen LogP contribution in [0, 0.1) is 0 Å². The van der Waals surface area contributed by atoms with Gasteiger partial charge in [-0.1, -0.05) is 12.1 Å². The minimum atomic E-state index is 0.907. The molecule has 2 N–H and O–H groups in total. The average molecular weight is 225 g/mol. The number of aromatic nitrogens is 1. The number of fused-ring (bicyclic) bond motifs is 1. The zero-order valence-electron chi connectivity index (χ0n) is 9.63.